The van der Waals surface area contributed by atoms with Crippen LogP contribution in [0.2, 0.25) is 0 Å². The Kier molecular flexibility index (Phi) is 7.18. The van der Waals surface area contributed by atoms with E-state index in [2.05, 4.69) is 6.92 Å². The maximum Gasteiger partial charge on any atom is 0.344 e. The first-order valence-electron chi connectivity index (χ1n) is 12.7. The van der Waals surface area contributed by atoms with Gasteiger partial charge in [-0.25, -0.2) is 9.59 Å². The highest BCUT2D eigenvalue weighted by molar-refractivity contribution is 5.86. The van der Waals surface area contributed by atoms with Crippen LogP contribution in [-0.4, -0.2) is 16.8 Å². The van der Waals surface area contributed by atoms with Crippen LogP contribution in [0.3, 0.4) is 0 Å². The second-order valence-corrected chi connectivity index (χ2v) is 9.21. The molecule has 0 fully saturated rings. The summed E-state index contributed by atoms with van der Waals surface area (Å²) in [5.74, 6) is -1.20. The van der Waals surface area contributed by atoms with Gasteiger partial charge in [0.05, 0.1) is 34.4 Å². The molecule has 38 heavy (non-hydrogen) atoms. The highest BCUT2D eigenvalue weighted by Crippen LogP contribution is 2.42. The molecule has 0 unspecified atom stereocenters. The zero-order valence-corrected chi connectivity index (χ0v) is 21.0. The Labute approximate surface area is 218 Å². The Morgan fingerprint density at radius 3 is 1.76 bits per heavy atom. The van der Waals surface area contributed by atoms with Gasteiger partial charge in [0.2, 0.25) is 0 Å². The first-order valence-corrected chi connectivity index (χ1v) is 12.7. The molecule has 194 valence electrons. The highest BCUT2D eigenvalue weighted by atomic mass is 16.5. The van der Waals surface area contributed by atoms with Gasteiger partial charge in [0.15, 0.2) is 0 Å². The summed E-state index contributed by atoms with van der Waals surface area (Å²) < 4.78 is 16.9. The van der Waals surface area contributed by atoms with E-state index < -0.39 is 17.2 Å². The molecule has 0 atom stereocenters. The van der Waals surface area contributed by atoms with E-state index >= 15 is 0 Å². The van der Waals surface area contributed by atoms with Crippen molar-refractivity contribution in [1.29, 1.82) is 0 Å². The Morgan fingerprint density at radius 2 is 1.24 bits per heavy atom. The molecule has 0 aliphatic rings. The fourth-order valence-corrected chi connectivity index (χ4v) is 4.76. The zero-order valence-electron chi connectivity index (χ0n) is 21.0. The van der Waals surface area contributed by atoms with Crippen molar-refractivity contribution in [1.82, 2.24) is 0 Å². The molecule has 0 saturated carbocycles. The molecule has 5 aromatic rings. The lowest BCUT2D eigenvalue weighted by Crippen LogP contribution is -2.21. The summed E-state index contributed by atoms with van der Waals surface area (Å²) in [6.07, 6.45) is 4.32. The van der Waals surface area contributed by atoms with Crippen LogP contribution in [0, 0.1) is 0 Å². The number of ether oxygens (including phenoxy) is 1. The molecule has 0 spiro atoms. The lowest BCUT2D eigenvalue weighted by atomic mass is 9.84. The van der Waals surface area contributed by atoms with Crippen LogP contribution in [0.5, 0.6) is 17.2 Å². The van der Waals surface area contributed by atoms with Gasteiger partial charge >= 0.3 is 11.3 Å². The molecule has 2 aromatic heterocycles. The van der Waals surface area contributed by atoms with Gasteiger partial charge in [0, 0.05) is 0 Å². The van der Waals surface area contributed by atoms with Gasteiger partial charge in [0.1, 0.15) is 28.4 Å². The molecule has 0 bridgehead atoms. The quantitative estimate of drug-likeness (QED) is 0.172. The minimum absolute atomic E-state index is 0.171. The van der Waals surface area contributed by atoms with Crippen LogP contribution in [0.15, 0.2) is 91.2 Å². The highest BCUT2D eigenvalue weighted by Gasteiger charge is 2.32. The fourth-order valence-electron chi connectivity index (χ4n) is 4.76. The van der Waals surface area contributed by atoms with Gasteiger partial charge in [-0.05, 0) is 48.4 Å². The van der Waals surface area contributed by atoms with Crippen LogP contribution < -0.4 is 16.0 Å². The minimum atomic E-state index is -1.17. The Bertz CT molecular complexity index is 1600. The molecule has 0 aliphatic heterocycles. The number of para-hydroxylation sites is 2. The van der Waals surface area contributed by atoms with Crippen LogP contribution in [0.25, 0.3) is 21.9 Å². The van der Waals surface area contributed by atoms with E-state index in [9.17, 15) is 19.8 Å². The average molecular weight is 513 g/mol. The number of benzene rings is 3. The summed E-state index contributed by atoms with van der Waals surface area (Å²) in [6, 6.07) is 20.0. The molecule has 0 radical (unpaired) electrons. The topological polar surface area (TPSA) is 110 Å². The number of unbranched alkanes of at least 4 members (excludes halogenated alkanes) is 3. The maximum absolute atomic E-state index is 13.3. The molecule has 2 heterocycles. The molecule has 7 heteroatoms. The van der Waals surface area contributed by atoms with Crippen molar-refractivity contribution >= 4 is 21.9 Å². The molecule has 7 nitrogen and oxygen atoms in total. The van der Waals surface area contributed by atoms with Gasteiger partial charge < -0.3 is 23.8 Å². The number of hydrogen-bond donors (Lipinski definition) is 2. The zero-order chi connectivity index (χ0) is 26.6. The van der Waals surface area contributed by atoms with Crippen molar-refractivity contribution in [2.24, 2.45) is 0 Å². The number of hydrogen-bond acceptors (Lipinski definition) is 7. The van der Waals surface area contributed by atoms with E-state index in [1.807, 2.05) is 0 Å². The monoisotopic (exact) mass is 512 g/mol. The molecule has 0 saturated heterocycles. The normalized spacial score (nSPS) is 11.4. The molecular formula is C31H28O7. The van der Waals surface area contributed by atoms with Crippen molar-refractivity contribution in [3.8, 4) is 17.2 Å². The predicted molar refractivity (Wildman–Crippen MR) is 145 cm³/mol. The second-order valence-electron chi connectivity index (χ2n) is 9.21. The lowest BCUT2D eigenvalue weighted by Gasteiger charge is -2.20. The molecule has 0 amide bonds. The van der Waals surface area contributed by atoms with Gasteiger partial charge in [-0.15, -0.1) is 0 Å². The van der Waals surface area contributed by atoms with Crippen molar-refractivity contribution in [3.05, 3.63) is 110 Å². The maximum atomic E-state index is 13.3. The van der Waals surface area contributed by atoms with E-state index in [-0.39, 0.29) is 33.8 Å². The van der Waals surface area contributed by atoms with E-state index in [4.69, 9.17) is 13.6 Å². The lowest BCUT2D eigenvalue weighted by molar-refractivity contribution is 0.305. The SMILES string of the molecule is CCCCCCOc1ccc(C(c2c(O)c3ccccc3oc2=O)c2c(O)c3ccccc3oc2=O)cc1. The molecule has 5 rings (SSSR count). The van der Waals surface area contributed by atoms with Gasteiger partial charge in [-0.2, -0.15) is 0 Å². The summed E-state index contributed by atoms with van der Waals surface area (Å²) >= 11 is 0. The largest absolute Gasteiger partial charge is 0.507 e. The first kappa shape index (κ1) is 25.1. The van der Waals surface area contributed by atoms with Crippen LogP contribution in [0.4, 0.5) is 0 Å². The van der Waals surface area contributed by atoms with Gasteiger partial charge in [0.25, 0.3) is 0 Å². The Morgan fingerprint density at radius 1 is 0.711 bits per heavy atom. The number of aromatic hydroxyl groups is 2. The van der Waals surface area contributed by atoms with Crippen LogP contribution in [0.1, 0.15) is 55.2 Å². The first-order chi connectivity index (χ1) is 18.5. The van der Waals surface area contributed by atoms with Gasteiger partial charge in [-0.3, -0.25) is 0 Å². The third kappa shape index (κ3) is 4.75. The summed E-state index contributed by atoms with van der Waals surface area (Å²) in [6.45, 7) is 2.73. The van der Waals surface area contributed by atoms with E-state index in [1.165, 1.54) is 0 Å². The van der Waals surface area contributed by atoms with E-state index in [0.717, 1.165) is 25.7 Å². The summed E-state index contributed by atoms with van der Waals surface area (Å²) in [5, 5.41) is 23.1. The Balaban J connectivity index is 1.66. The third-order valence-electron chi connectivity index (χ3n) is 6.70. The van der Waals surface area contributed by atoms with E-state index in [0.29, 0.717) is 28.7 Å². The fraction of sp³-hybridized carbons (Fsp3) is 0.226. The molecular weight excluding hydrogens is 484 g/mol. The standard InChI is InChI=1S/C31H28O7/c1-2-3-4-9-18-36-20-16-14-19(15-17-20)25(26-28(32)21-10-5-7-12-23(21)37-30(26)34)27-29(33)22-11-6-8-13-24(22)38-31(27)35/h5-8,10-17,25,32-33H,2-4,9,18H2,1H3. The molecule has 0 aliphatic carbocycles. The number of fused-ring (bicyclic) bond motifs is 2. The van der Waals surface area contributed by atoms with Crippen LogP contribution in [-0.2, 0) is 0 Å². The minimum Gasteiger partial charge on any atom is -0.507 e. The average Bonchev–Trinajstić information content (AvgIpc) is 2.92. The Hall–Kier alpha value is -4.52. The molecule has 3 aromatic carbocycles. The summed E-state index contributed by atoms with van der Waals surface area (Å²) in [4.78, 5) is 26.5. The van der Waals surface area contributed by atoms with Crippen molar-refractivity contribution in [2.75, 3.05) is 6.61 Å². The predicted octanol–water partition coefficient (Wildman–Crippen LogP) is 6.45. The van der Waals surface area contributed by atoms with Crippen molar-refractivity contribution in [3.63, 3.8) is 0 Å². The molecule has 2 N–H and O–H groups in total. The third-order valence-corrected chi connectivity index (χ3v) is 6.70. The second kappa shape index (κ2) is 10.8. The number of rotatable bonds is 9. The van der Waals surface area contributed by atoms with Gasteiger partial charge in [-0.1, -0.05) is 62.6 Å². The summed E-state index contributed by atoms with van der Waals surface area (Å²) in [5.41, 5.74) is -1.11. The van der Waals surface area contributed by atoms with E-state index in [1.54, 1.807) is 72.8 Å². The van der Waals surface area contributed by atoms with Crippen molar-refractivity contribution in [2.45, 2.75) is 38.5 Å². The smallest absolute Gasteiger partial charge is 0.344 e. The summed E-state index contributed by atoms with van der Waals surface area (Å²) in [7, 11) is 0. The van der Waals surface area contributed by atoms with Crippen LogP contribution >= 0.6 is 0 Å². The van der Waals surface area contributed by atoms with Crippen molar-refractivity contribution < 1.29 is 23.8 Å².